The first kappa shape index (κ1) is 13.6. The Kier molecular flexibility index (Phi) is 4.18. The summed E-state index contributed by atoms with van der Waals surface area (Å²) in [5.41, 5.74) is 6.54. The molecule has 0 spiro atoms. The topological polar surface area (TPSA) is 91.3 Å². The normalized spacial score (nSPS) is 20.6. The van der Waals surface area contributed by atoms with Gasteiger partial charge in [-0.25, -0.2) is 4.39 Å². The van der Waals surface area contributed by atoms with Gasteiger partial charge in [-0.15, -0.1) is 0 Å². The third-order valence-electron chi connectivity index (χ3n) is 3.03. The molecule has 0 radical (unpaired) electrons. The number of nitrogens with zero attached hydrogens (tertiary/aromatic N) is 2. The predicted molar refractivity (Wildman–Crippen MR) is 67.9 cm³/mol. The smallest absolute Gasteiger partial charge is 0.172 e. The van der Waals surface area contributed by atoms with Gasteiger partial charge >= 0.3 is 0 Å². The van der Waals surface area contributed by atoms with Crippen molar-refractivity contribution in [2.24, 2.45) is 10.9 Å². The molecule has 0 aromatic heterocycles. The minimum Gasteiger partial charge on any atom is -0.409 e. The van der Waals surface area contributed by atoms with Gasteiger partial charge in [-0.3, -0.25) is 0 Å². The maximum absolute atomic E-state index is 13.3. The first-order valence-electron chi connectivity index (χ1n) is 5.90. The second-order valence-electron chi connectivity index (χ2n) is 4.27. The maximum Gasteiger partial charge on any atom is 0.172 e. The van der Waals surface area contributed by atoms with E-state index in [1.54, 1.807) is 6.07 Å². The zero-order valence-electron chi connectivity index (χ0n) is 10.3. The van der Waals surface area contributed by atoms with E-state index in [1.165, 1.54) is 12.1 Å². The van der Waals surface area contributed by atoms with Crippen molar-refractivity contribution in [1.82, 2.24) is 0 Å². The number of nitrogens with two attached hydrogens (primary N) is 1. The Balaban J connectivity index is 2.33. The fourth-order valence-electron chi connectivity index (χ4n) is 2.09. The summed E-state index contributed by atoms with van der Waals surface area (Å²) in [6.07, 6.45) is -0.293. The molecule has 104 valence electrons. The Hall–Kier alpha value is -1.86. The average Bonchev–Trinajstić information content (AvgIpc) is 2.46. The van der Waals surface area contributed by atoms with Crippen LogP contribution in [0.25, 0.3) is 0 Å². The van der Waals surface area contributed by atoms with Crippen LogP contribution < -0.4 is 10.6 Å². The molecular formula is C12H16FN3O3. The van der Waals surface area contributed by atoms with Gasteiger partial charge in [-0.2, -0.15) is 0 Å². The Morgan fingerprint density at radius 3 is 3.05 bits per heavy atom. The van der Waals surface area contributed by atoms with Crippen LogP contribution in [0.1, 0.15) is 5.56 Å². The van der Waals surface area contributed by atoms with Gasteiger partial charge in [-0.05, 0) is 18.2 Å². The summed E-state index contributed by atoms with van der Waals surface area (Å²) in [6, 6.07) is 4.10. The van der Waals surface area contributed by atoms with E-state index in [0.29, 0.717) is 30.9 Å². The number of anilines is 1. The molecule has 1 unspecified atom stereocenters. The summed E-state index contributed by atoms with van der Waals surface area (Å²) in [5, 5.41) is 20.8. The van der Waals surface area contributed by atoms with Gasteiger partial charge in [0.1, 0.15) is 5.82 Å². The maximum atomic E-state index is 13.3. The zero-order valence-corrected chi connectivity index (χ0v) is 10.3. The molecule has 19 heavy (non-hydrogen) atoms. The van der Waals surface area contributed by atoms with Crippen LogP contribution in [0.4, 0.5) is 10.1 Å². The summed E-state index contributed by atoms with van der Waals surface area (Å²) in [5.74, 6) is -0.612. The molecule has 1 aromatic rings. The molecular weight excluding hydrogens is 253 g/mol. The van der Waals surface area contributed by atoms with Crippen molar-refractivity contribution in [3.63, 3.8) is 0 Å². The van der Waals surface area contributed by atoms with Gasteiger partial charge in [0.05, 0.1) is 19.3 Å². The van der Waals surface area contributed by atoms with E-state index in [0.717, 1.165) is 0 Å². The number of hydrogen-bond donors (Lipinski definition) is 3. The van der Waals surface area contributed by atoms with Crippen molar-refractivity contribution in [2.45, 2.75) is 6.10 Å². The highest BCUT2D eigenvalue weighted by molar-refractivity contribution is 6.02. The average molecular weight is 269 g/mol. The third-order valence-corrected chi connectivity index (χ3v) is 3.03. The van der Waals surface area contributed by atoms with Gasteiger partial charge < -0.3 is 25.7 Å². The van der Waals surface area contributed by atoms with Crippen molar-refractivity contribution >= 4 is 11.5 Å². The van der Waals surface area contributed by atoms with E-state index in [-0.39, 0.29) is 18.5 Å². The quantitative estimate of drug-likeness (QED) is 0.314. The van der Waals surface area contributed by atoms with E-state index >= 15 is 0 Å². The summed E-state index contributed by atoms with van der Waals surface area (Å²) in [7, 11) is 0. The van der Waals surface area contributed by atoms with E-state index in [9.17, 15) is 4.39 Å². The minimum atomic E-state index is -0.461. The van der Waals surface area contributed by atoms with Gasteiger partial charge in [0.15, 0.2) is 5.84 Å². The minimum absolute atomic E-state index is 0.0867. The van der Waals surface area contributed by atoms with Crippen LogP contribution in [0.5, 0.6) is 0 Å². The van der Waals surface area contributed by atoms with Gasteiger partial charge in [0.2, 0.25) is 0 Å². The van der Waals surface area contributed by atoms with Crippen molar-refractivity contribution in [3.05, 3.63) is 29.6 Å². The monoisotopic (exact) mass is 269 g/mol. The van der Waals surface area contributed by atoms with E-state index in [1.807, 2.05) is 4.90 Å². The molecule has 1 aromatic carbocycles. The van der Waals surface area contributed by atoms with E-state index < -0.39 is 5.82 Å². The standard InChI is InChI=1S/C12H16FN3O3/c13-8-1-2-11(10(5-8)12(14)15-18)16-3-4-19-9(6-16)7-17/h1-2,5,9,17-18H,3-4,6-7H2,(H2,14,15). The van der Waals surface area contributed by atoms with Gasteiger partial charge in [0.25, 0.3) is 0 Å². The third kappa shape index (κ3) is 2.94. The number of ether oxygens (including phenoxy) is 1. The molecule has 0 aliphatic carbocycles. The number of aliphatic hydroxyl groups is 1. The molecule has 4 N–H and O–H groups in total. The number of morpholine rings is 1. The number of aliphatic hydroxyl groups excluding tert-OH is 1. The number of amidine groups is 1. The van der Waals surface area contributed by atoms with Crippen LogP contribution in [-0.4, -0.2) is 48.6 Å². The SMILES string of the molecule is N/C(=N/O)c1cc(F)ccc1N1CCOC(CO)C1. The Morgan fingerprint density at radius 1 is 1.58 bits per heavy atom. The number of halogens is 1. The van der Waals surface area contributed by atoms with Crippen LogP contribution >= 0.6 is 0 Å². The summed E-state index contributed by atoms with van der Waals surface area (Å²) in [4.78, 5) is 1.91. The van der Waals surface area contributed by atoms with Gasteiger partial charge in [0, 0.05) is 24.3 Å². The molecule has 6 nitrogen and oxygen atoms in total. The molecule has 7 heteroatoms. The first-order valence-corrected chi connectivity index (χ1v) is 5.90. The molecule has 1 aliphatic rings. The lowest BCUT2D eigenvalue weighted by atomic mass is 10.1. The van der Waals surface area contributed by atoms with Crippen molar-refractivity contribution in [3.8, 4) is 0 Å². The number of benzene rings is 1. The fraction of sp³-hybridized carbons (Fsp3) is 0.417. The molecule has 1 atom stereocenters. The van der Waals surface area contributed by atoms with Gasteiger partial charge in [-0.1, -0.05) is 5.16 Å². The van der Waals surface area contributed by atoms with Crippen LogP contribution in [0.3, 0.4) is 0 Å². The molecule has 1 saturated heterocycles. The lowest BCUT2D eigenvalue weighted by Gasteiger charge is -2.34. The highest BCUT2D eigenvalue weighted by atomic mass is 19.1. The molecule has 0 amide bonds. The Bertz CT molecular complexity index is 481. The second-order valence-corrected chi connectivity index (χ2v) is 4.27. The number of rotatable bonds is 3. The number of hydrogen-bond acceptors (Lipinski definition) is 5. The van der Waals surface area contributed by atoms with Crippen LogP contribution in [0.2, 0.25) is 0 Å². The Labute approximate surface area is 109 Å². The lowest BCUT2D eigenvalue weighted by Crippen LogP contribution is -2.44. The summed E-state index contributed by atoms with van der Waals surface area (Å²) in [6.45, 7) is 1.43. The molecule has 0 saturated carbocycles. The number of oxime groups is 1. The van der Waals surface area contributed by atoms with Crippen LogP contribution in [0, 0.1) is 5.82 Å². The molecule has 0 bridgehead atoms. The molecule has 1 aliphatic heterocycles. The lowest BCUT2D eigenvalue weighted by molar-refractivity contribution is 0.00356. The van der Waals surface area contributed by atoms with Crippen molar-refractivity contribution < 1.29 is 19.4 Å². The summed E-state index contributed by atoms with van der Waals surface area (Å²) >= 11 is 0. The molecule has 2 rings (SSSR count). The fourth-order valence-corrected chi connectivity index (χ4v) is 2.09. The van der Waals surface area contributed by atoms with Crippen LogP contribution in [-0.2, 0) is 4.74 Å². The largest absolute Gasteiger partial charge is 0.409 e. The Morgan fingerprint density at radius 2 is 2.37 bits per heavy atom. The van der Waals surface area contributed by atoms with Crippen molar-refractivity contribution in [1.29, 1.82) is 0 Å². The zero-order chi connectivity index (χ0) is 13.8. The van der Waals surface area contributed by atoms with Crippen molar-refractivity contribution in [2.75, 3.05) is 31.2 Å². The van der Waals surface area contributed by atoms with Crippen LogP contribution in [0.15, 0.2) is 23.4 Å². The molecule has 1 fully saturated rings. The van der Waals surface area contributed by atoms with E-state index in [2.05, 4.69) is 5.16 Å². The first-order chi connectivity index (χ1) is 9.15. The summed E-state index contributed by atoms with van der Waals surface area (Å²) < 4.78 is 18.6. The predicted octanol–water partition coefficient (Wildman–Crippen LogP) is 0.118. The van der Waals surface area contributed by atoms with E-state index in [4.69, 9.17) is 20.8 Å². The highest BCUT2D eigenvalue weighted by Crippen LogP contribution is 2.23. The second kappa shape index (κ2) is 5.85. The highest BCUT2D eigenvalue weighted by Gasteiger charge is 2.23. The molecule has 1 heterocycles.